The van der Waals surface area contributed by atoms with Crippen LogP contribution in [0.3, 0.4) is 0 Å². The maximum atomic E-state index is 11.5. The fourth-order valence-electron chi connectivity index (χ4n) is 2.21. The van der Waals surface area contributed by atoms with Gasteiger partial charge in [-0.25, -0.2) is 0 Å². The van der Waals surface area contributed by atoms with E-state index < -0.39 is 11.9 Å². The molecule has 0 bridgehead atoms. The van der Waals surface area contributed by atoms with Crippen molar-refractivity contribution < 1.29 is 9.90 Å². The van der Waals surface area contributed by atoms with Crippen molar-refractivity contribution in [3.05, 3.63) is 35.9 Å². The van der Waals surface area contributed by atoms with E-state index in [0.717, 1.165) is 12.1 Å². The lowest BCUT2D eigenvalue weighted by Gasteiger charge is -2.30. The second kappa shape index (κ2) is 7.29. The molecular formula is C16H25NO2. The van der Waals surface area contributed by atoms with E-state index in [1.165, 1.54) is 0 Å². The molecular weight excluding hydrogens is 238 g/mol. The highest BCUT2D eigenvalue weighted by molar-refractivity contribution is 5.76. The Morgan fingerprint density at radius 2 is 1.68 bits per heavy atom. The highest BCUT2D eigenvalue weighted by atomic mass is 16.4. The number of benzene rings is 1. The standard InChI is InChI=1S/C16H25NO2/c1-12(2)10-17(13(3)4)11-15(16(18)19)14-8-6-5-7-9-14/h5-9,12-13,15H,10-11H2,1-4H3,(H,18,19). The van der Waals surface area contributed by atoms with E-state index in [2.05, 4.69) is 32.6 Å². The zero-order valence-electron chi connectivity index (χ0n) is 12.3. The lowest BCUT2D eigenvalue weighted by atomic mass is 9.97. The molecule has 3 heteroatoms. The van der Waals surface area contributed by atoms with Crippen LogP contribution >= 0.6 is 0 Å². The molecule has 1 aromatic rings. The van der Waals surface area contributed by atoms with Gasteiger partial charge in [-0.15, -0.1) is 0 Å². The lowest BCUT2D eigenvalue weighted by Crippen LogP contribution is -2.39. The normalized spacial score (nSPS) is 13.2. The summed E-state index contributed by atoms with van der Waals surface area (Å²) < 4.78 is 0. The summed E-state index contributed by atoms with van der Waals surface area (Å²) in [6, 6.07) is 9.85. The maximum absolute atomic E-state index is 11.5. The van der Waals surface area contributed by atoms with Crippen LogP contribution in [-0.2, 0) is 4.79 Å². The number of hydrogen-bond acceptors (Lipinski definition) is 2. The van der Waals surface area contributed by atoms with Crippen LogP contribution in [0.15, 0.2) is 30.3 Å². The highest BCUT2D eigenvalue weighted by Crippen LogP contribution is 2.19. The summed E-state index contributed by atoms with van der Waals surface area (Å²) in [5, 5.41) is 9.46. The average molecular weight is 263 g/mol. The fourth-order valence-corrected chi connectivity index (χ4v) is 2.21. The van der Waals surface area contributed by atoms with E-state index >= 15 is 0 Å². The molecule has 0 amide bonds. The molecule has 3 nitrogen and oxygen atoms in total. The van der Waals surface area contributed by atoms with Crippen molar-refractivity contribution in [2.45, 2.75) is 39.7 Å². The van der Waals surface area contributed by atoms with Crippen molar-refractivity contribution in [2.75, 3.05) is 13.1 Å². The Balaban J connectivity index is 2.85. The zero-order valence-corrected chi connectivity index (χ0v) is 12.3. The first kappa shape index (κ1) is 15.7. The predicted molar refractivity (Wildman–Crippen MR) is 78.4 cm³/mol. The Kier molecular flexibility index (Phi) is 6.03. The van der Waals surface area contributed by atoms with Gasteiger partial charge in [0, 0.05) is 19.1 Å². The number of carboxylic acids is 1. The quantitative estimate of drug-likeness (QED) is 0.821. The van der Waals surface area contributed by atoms with Gasteiger partial charge in [-0.3, -0.25) is 9.69 Å². The van der Waals surface area contributed by atoms with Crippen LogP contribution in [0, 0.1) is 5.92 Å². The second-order valence-corrected chi connectivity index (χ2v) is 5.74. The monoisotopic (exact) mass is 263 g/mol. The zero-order chi connectivity index (χ0) is 14.4. The number of nitrogens with zero attached hydrogens (tertiary/aromatic N) is 1. The SMILES string of the molecule is CC(C)CN(CC(C(=O)O)c1ccccc1)C(C)C. The van der Waals surface area contributed by atoms with Crippen molar-refractivity contribution in [1.82, 2.24) is 4.90 Å². The van der Waals surface area contributed by atoms with E-state index in [-0.39, 0.29) is 0 Å². The van der Waals surface area contributed by atoms with Gasteiger partial charge < -0.3 is 5.11 Å². The van der Waals surface area contributed by atoms with Crippen molar-refractivity contribution in [3.63, 3.8) is 0 Å². The van der Waals surface area contributed by atoms with Crippen molar-refractivity contribution in [3.8, 4) is 0 Å². The number of carboxylic acid groups (broad SMARTS) is 1. The van der Waals surface area contributed by atoms with Crippen molar-refractivity contribution in [1.29, 1.82) is 0 Å². The lowest BCUT2D eigenvalue weighted by molar-refractivity contribution is -0.139. The van der Waals surface area contributed by atoms with Crippen LogP contribution in [-0.4, -0.2) is 35.1 Å². The predicted octanol–water partition coefficient (Wildman–Crippen LogP) is 3.22. The fraction of sp³-hybridized carbons (Fsp3) is 0.562. The summed E-state index contributed by atoms with van der Waals surface area (Å²) in [6.07, 6.45) is 0. The van der Waals surface area contributed by atoms with Crippen LogP contribution in [0.4, 0.5) is 0 Å². The smallest absolute Gasteiger partial charge is 0.312 e. The molecule has 0 aliphatic heterocycles. The molecule has 0 aromatic heterocycles. The number of carbonyl (C=O) groups is 1. The largest absolute Gasteiger partial charge is 0.481 e. The Morgan fingerprint density at radius 3 is 2.11 bits per heavy atom. The minimum Gasteiger partial charge on any atom is -0.481 e. The molecule has 1 N–H and O–H groups in total. The third-order valence-electron chi connectivity index (χ3n) is 3.25. The van der Waals surface area contributed by atoms with E-state index in [0.29, 0.717) is 18.5 Å². The molecule has 1 atom stereocenters. The van der Waals surface area contributed by atoms with Gasteiger partial charge in [0.2, 0.25) is 0 Å². The summed E-state index contributed by atoms with van der Waals surface area (Å²) in [5.41, 5.74) is 0.879. The van der Waals surface area contributed by atoms with Crippen LogP contribution in [0.1, 0.15) is 39.2 Å². The van der Waals surface area contributed by atoms with Crippen LogP contribution in [0.25, 0.3) is 0 Å². The molecule has 0 radical (unpaired) electrons. The first-order chi connectivity index (χ1) is 8.91. The van der Waals surface area contributed by atoms with Crippen molar-refractivity contribution >= 4 is 5.97 Å². The minimum atomic E-state index is -0.749. The Bertz CT molecular complexity index is 387. The van der Waals surface area contributed by atoms with Gasteiger partial charge in [-0.2, -0.15) is 0 Å². The number of hydrogen-bond donors (Lipinski definition) is 1. The van der Waals surface area contributed by atoms with Gasteiger partial charge in [0.15, 0.2) is 0 Å². The third kappa shape index (κ3) is 5.03. The van der Waals surface area contributed by atoms with E-state index in [9.17, 15) is 9.90 Å². The molecule has 0 heterocycles. The van der Waals surface area contributed by atoms with E-state index in [1.54, 1.807) is 0 Å². The topological polar surface area (TPSA) is 40.5 Å². The Labute approximate surface area is 116 Å². The molecule has 0 spiro atoms. The molecule has 1 unspecified atom stereocenters. The second-order valence-electron chi connectivity index (χ2n) is 5.74. The van der Waals surface area contributed by atoms with E-state index in [1.807, 2.05) is 30.3 Å². The first-order valence-electron chi connectivity index (χ1n) is 6.93. The molecule has 0 aliphatic rings. The summed E-state index contributed by atoms with van der Waals surface area (Å²) in [6.45, 7) is 10.0. The summed E-state index contributed by atoms with van der Waals surface area (Å²) in [5.74, 6) is -0.671. The molecule has 1 rings (SSSR count). The number of rotatable bonds is 7. The Morgan fingerprint density at radius 1 is 1.11 bits per heavy atom. The van der Waals surface area contributed by atoms with Crippen LogP contribution < -0.4 is 0 Å². The molecule has 106 valence electrons. The summed E-state index contributed by atoms with van der Waals surface area (Å²) >= 11 is 0. The minimum absolute atomic E-state index is 0.355. The number of aliphatic carboxylic acids is 1. The average Bonchev–Trinajstić information content (AvgIpc) is 2.34. The molecule has 0 saturated carbocycles. The van der Waals surface area contributed by atoms with Crippen LogP contribution in [0.5, 0.6) is 0 Å². The molecule has 0 aliphatic carbocycles. The maximum Gasteiger partial charge on any atom is 0.312 e. The highest BCUT2D eigenvalue weighted by Gasteiger charge is 2.24. The molecule has 19 heavy (non-hydrogen) atoms. The van der Waals surface area contributed by atoms with Gasteiger partial charge >= 0.3 is 5.97 Å². The van der Waals surface area contributed by atoms with Crippen molar-refractivity contribution in [2.24, 2.45) is 5.92 Å². The van der Waals surface area contributed by atoms with Crippen LogP contribution in [0.2, 0.25) is 0 Å². The molecule has 0 fully saturated rings. The summed E-state index contributed by atoms with van der Waals surface area (Å²) in [7, 11) is 0. The molecule has 1 aromatic carbocycles. The molecule has 0 saturated heterocycles. The van der Waals surface area contributed by atoms with E-state index in [4.69, 9.17) is 0 Å². The van der Waals surface area contributed by atoms with Gasteiger partial charge in [0.25, 0.3) is 0 Å². The first-order valence-corrected chi connectivity index (χ1v) is 6.93. The Hall–Kier alpha value is -1.35. The van der Waals surface area contributed by atoms with Gasteiger partial charge in [-0.1, -0.05) is 44.2 Å². The van der Waals surface area contributed by atoms with Gasteiger partial charge in [0.05, 0.1) is 5.92 Å². The van der Waals surface area contributed by atoms with Gasteiger partial charge in [-0.05, 0) is 25.3 Å². The summed E-state index contributed by atoms with van der Waals surface area (Å²) in [4.78, 5) is 13.8. The van der Waals surface area contributed by atoms with Gasteiger partial charge in [0.1, 0.15) is 0 Å². The third-order valence-corrected chi connectivity index (χ3v) is 3.25.